The van der Waals surface area contributed by atoms with Gasteiger partial charge in [0.1, 0.15) is 0 Å². The van der Waals surface area contributed by atoms with Gasteiger partial charge in [0.15, 0.2) is 0 Å². The summed E-state index contributed by atoms with van der Waals surface area (Å²) in [7, 11) is 1.68. The molecule has 1 N–H and O–H groups in total. The molecule has 0 amide bonds. The van der Waals surface area contributed by atoms with E-state index in [-0.39, 0.29) is 0 Å². The Morgan fingerprint density at radius 1 is 1.58 bits per heavy atom. The van der Waals surface area contributed by atoms with Crippen LogP contribution in [0.1, 0.15) is 5.56 Å². The van der Waals surface area contributed by atoms with Crippen molar-refractivity contribution in [2.24, 2.45) is 0 Å². The zero-order valence-corrected chi connectivity index (χ0v) is 7.29. The quantitative estimate of drug-likeness (QED) is 0.519. The van der Waals surface area contributed by atoms with Gasteiger partial charge < -0.3 is 4.74 Å². The molecule has 0 atom stereocenters. The van der Waals surface area contributed by atoms with E-state index >= 15 is 0 Å². The Balaban J connectivity index is 2.16. The molecule has 0 unspecified atom stereocenters. The highest BCUT2D eigenvalue weighted by molar-refractivity contribution is 5.08. The van der Waals surface area contributed by atoms with Crippen LogP contribution in [0.15, 0.2) is 24.5 Å². The van der Waals surface area contributed by atoms with Crippen LogP contribution in [-0.4, -0.2) is 25.4 Å². The maximum absolute atomic E-state index is 4.85. The van der Waals surface area contributed by atoms with E-state index in [4.69, 9.17) is 4.74 Å². The summed E-state index contributed by atoms with van der Waals surface area (Å²) in [5.41, 5.74) is 1.25. The van der Waals surface area contributed by atoms with Gasteiger partial charge in [0, 0.05) is 26.0 Å². The van der Waals surface area contributed by atoms with E-state index in [1.165, 1.54) is 5.56 Å². The van der Waals surface area contributed by atoms with E-state index in [2.05, 4.69) is 16.4 Å². The minimum atomic E-state index is 0.611. The van der Waals surface area contributed by atoms with Crippen LogP contribution in [0.4, 0.5) is 0 Å². The van der Waals surface area contributed by atoms with Crippen molar-refractivity contribution in [2.75, 3.05) is 20.4 Å². The number of aromatic nitrogens is 1. The normalized spacial score (nSPS) is 10.1. The molecule has 3 nitrogen and oxygen atoms in total. The lowest BCUT2D eigenvalue weighted by Gasteiger charge is -2.02. The molecule has 0 fully saturated rings. The number of methoxy groups -OCH3 is 1. The first kappa shape index (κ1) is 9.16. The summed E-state index contributed by atoms with van der Waals surface area (Å²) in [6.45, 7) is 1.54. The Labute approximate surface area is 72.8 Å². The van der Waals surface area contributed by atoms with Crippen LogP contribution in [0.2, 0.25) is 0 Å². The smallest absolute Gasteiger partial charge is 0.0961 e. The zero-order chi connectivity index (χ0) is 8.65. The lowest BCUT2D eigenvalue weighted by atomic mass is 10.2. The summed E-state index contributed by atoms with van der Waals surface area (Å²) in [5.74, 6) is 0. The standard InChI is InChI=1S/C9H14N2O/c1-12-8-11-6-4-9-3-2-5-10-7-9/h2-3,5,7,11H,4,6,8H2,1H3. The number of rotatable bonds is 5. The van der Waals surface area contributed by atoms with Crippen molar-refractivity contribution < 1.29 is 4.74 Å². The van der Waals surface area contributed by atoms with Gasteiger partial charge in [-0.3, -0.25) is 10.3 Å². The highest BCUT2D eigenvalue weighted by atomic mass is 16.5. The molecule has 1 aromatic rings. The van der Waals surface area contributed by atoms with E-state index in [9.17, 15) is 0 Å². The second-order valence-electron chi connectivity index (χ2n) is 2.54. The van der Waals surface area contributed by atoms with E-state index in [1.54, 1.807) is 13.3 Å². The molecule has 66 valence electrons. The molecular formula is C9H14N2O. The highest BCUT2D eigenvalue weighted by Crippen LogP contribution is 1.94. The average Bonchev–Trinajstić information content (AvgIpc) is 2.14. The van der Waals surface area contributed by atoms with Crippen molar-refractivity contribution in [1.82, 2.24) is 10.3 Å². The number of hydrogen-bond donors (Lipinski definition) is 1. The van der Waals surface area contributed by atoms with Crippen molar-refractivity contribution in [1.29, 1.82) is 0 Å². The fraction of sp³-hybridized carbons (Fsp3) is 0.444. The van der Waals surface area contributed by atoms with Gasteiger partial charge in [-0.25, -0.2) is 0 Å². The number of ether oxygens (including phenoxy) is 1. The molecule has 1 aromatic heterocycles. The highest BCUT2D eigenvalue weighted by Gasteiger charge is 1.90. The summed E-state index contributed by atoms with van der Waals surface area (Å²) < 4.78 is 4.85. The van der Waals surface area contributed by atoms with Crippen molar-refractivity contribution in [3.63, 3.8) is 0 Å². The van der Waals surface area contributed by atoms with Gasteiger partial charge in [0.2, 0.25) is 0 Å². The van der Waals surface area contributed by atoms with Gasteiger partial charge >= 0.3 is 0 Å². The van der Waals surface area contributed by atoms with Crippen LogP contribution >= 0.6 is 0 Å². The molecule has 0 aliphatic rings. The molecule has 12 heavy (non-hydrogen) atoms. The first-order valence-corrected chi connectivity index (χ1v) is 4.02. The first-order chi connectivity index (χ1) is 5.93. The second-order valence-corrected chi connectivity index (χ2v) is 2.54. The maximum Gasteiger partial charge on any atom is 0.0961 e. The second kappa shape index (κ2) is 5.69. The molecule has 0 aliphatic carbocycles. The Bertz CT molecular complexity index is 201. The van der Waals surface area contributed by atoms with Crippen molar-refractivity contribution in [3.8, 4) is 0 Å². The molecule has 0 saturated heterocycles. The predicted octanol–water partition coefficient (Wildman–Crippen LogP) is 0.818. The molecule has 0 saturated carbocycles. The predicted molar refractivity (Wildman–Crippen MR) is 47.8 cm³/mol. The topological polar surface area (TPSA) is 34.1 Å². The molecule has 0 bridgehead atoms. The third kappa shape index (κ3) is 3.46. The fourth-order valence-corrected chi connectivity index (χ4v) is 0.953. The molecular weight excluding hydrogens is 152 g/mol. The summed E-state index contributed by atoms with van der Waals surface area (Å²) in [6, 6.07) is 4.02. The minimum absolute atomic E-state index is 0.611. The van der Waals surface area contributed by atoms with Gasteiger partial charge in [-0.1, -0.05) is 6.07 Å². The maximum atomic E-state index is 4.85. The van der Waals surface area contributed by atoms with Gasteiger partial charge in [0.25, 0.3) is 0 Å². The first-order valence-electron chi connectivity index (χ1n) is 4.02. The third-order valence-corrected chi connectivity index (χ3v) is 1.56. The Morgan fingerprint density at radius 3 is 3.17 bits per heavy atom. The number of nitrogens with one attached hydrogen (secondary N) is 1. The van der Waals surface area contributed by atoms with Crippen molar-refractivity contribution >= 4 is 0 Å². The average molecular weight is 166 g/mol. The Morgan fingerprint density at radius 2 is 2.50 bits per heavy atom. The van der Waals surface area contributed by atoms with E-state index in [0.717, 1.165) is 13.0 Å². The van der Waals surface area contributed by atoms with E-state index in [0.29, 0.717) is 6.73 Å². The zero-order valence-electron chi connectivity index (χ0n) is 7.29. The van der Waals surface area contributed by atoms with Crippen molar-refractivity contribution in [3.05, 3.63) is 30.1 Å². The number of hydrogen-bond acceptors (Lipinski definition) is 3. The van der Waals surface area contributed by atoms with Crippen LogP contribution in [-0.2, 0) is 11.2 Å². The van der Waals surface area contributed by atoms with Crippen molar-refractivity contribution in [2.45, 2.75) is 6.42 Å². The van der Waals surface area contributed by atoms with Crippen LogP contribution in [0.3, 0.4) is 0 Å². The number of pyridine rings is 1. The SMILES string of the molecule is COCNCCc1cccnc1. The molecule has 1 rings (SSSR count). The molecule has 0 spiro atoms. The largest absolute Gasteiger partial charge is 0.370 e. The monoisotopic (exact) mass is 166 g/mol. The number of nitrogens with zero attached hydrogens (tertiary/aromatic N) is 1. The summed E-state index contributed by atoms with van der Waals surface area (Å²) in [6.07, 6.45) is 4.66. The fourth-order valence-electron chi connectivity index (χ4n) is 0.953. The van der Waals surface area contributed by atoms with Gasteiger partial charge in [-0.15, -0.1) is 0 Å². The third-order valence-electron chi connectivity index (χ3n) is 1.56. The van der Waals surface area contributed by atoms with Gasteiger partial charge in [-0.05, 0) is 18.1 Å². The van der Waals surface area contributed by atoms with Gasteiger partial charge in [-0.2, -0.15) is 0 Å². The van der Waals surface area contributed by atoms with Crippen LogP contribution in [0.25, 0.3) is 0 Å². The molecule has 0 aliphatic heterocycles. The van der Waals surface area contributed by atoms with E-state index < -0.39 is 0 Å². The molecule has 0 radical (unpaired) electrons. The summed E-state index contributed by atoms with van der Waals surface area (Å²) in [5, 5.41) is 3.13. The van der Waals surface area contributed by atoms with Crippen LogP contribution in [0, 0.1) is 0 Å². The van der Waals surface area contributed by atoms with Gasteiger partial charge in [0.05, 0.1) is 6.73 Å². The lowest BCUT2D eigenvalue weighted by molar-refractivity contribution is 0.176. The minimum Gasteiger partial charge on any atom is -0.370 e. The molecule has 0 aromatic carbocycles. The van der Waals surface area contributed by atoms with E-state index in [1.807, 2.05) is 12.3 Å². The summed E-state index contributed by atoms with van der Waals surface area (Å²) >= 11 is 0. The summed E-state index contributed by atoms with van der Waals surface area (Å²) in [4.78, 5) is 4.02. The van der Waals surface area contributed by atoms with Crippen LogP contribution < -0.4 is 5.32 Å². The Kier molecular flexibility index (Phi) is 4.34. The van der Waals surface area contributed by atoms with Crippen LogP contribution in [0.5, 0.6) is 0 Å². The lowest BCUT2D eigenvalue weighted by Crippen LogP contribution is -2.19. The molecule has 3 heteroatoms. The Hall–Kier alpha value is -0.930. The molecule has 1 heterocycles.